The highest BCUT2D eigenvalue weighted by molar-refractivity contribution is 14.1. The number of nitrogens with zero attached hydrogens (tertiary/aromatic N) is 1. The van der Waals surface area contributed by atoms with E-state index in [0.717, 1.165) is 36.2 Å². The van der Waals surface area contributed by atoms with Crippen LogP contribution < -0.4 is 5.32 Å². The Morgan fingerprint density at radius 1 is 1.52 bits per heavy atom. The van der Waals surface area contributed by atoms with E-state index in [4.69, 9.17) is 0 Å². The third kappa shape index (κ3) is 4.57. The van der Waals surface area contributed by atoms with Gasteiger partial charge >= 0.3 is 0 Å². The van der Waals surface area contributed by atoms with Gasteiger partial charge in [0.05, 0.1) is 5.56 Å². The predicted octanol–water partition coefficient (Wildman–Crippen LogP) is 2.85. The van der Waals surface area contributed by atoms with E-state index >= 15 is 0 Å². The van der Waals surface area contributed by atoms with Crippen molar-refractivity contribution in [3.05, 3.63) is 27.3 Å². The van der Waals surface area contributed by atoms with Crippen LogP contribution in [0.1, 0.15) is 36.5 Å². The Morgan fingerprint density at radius 2 is 2.33 bits per heavy atom. The first-order chi connectivity index (χ1) is 10.1. The summed E-state index contributed by atoms with van der Waals surface area (Å²) in [6.45, 7) is 5.64. The van der Waals surface area contributed by atoms with E-state index in [9.17, 15) is 9.90 Å². The van der Waals surface area contributed by atoms with Gasteiger partial charge < -0.3 is 15.3 Å². The topological polar surface area (TPSA) is 52.6 Å². The Morgan fingerprint density at radius 3 is 3.00 bits per heavy atom. The predicted molar refractivity (Wildman–Crippen MR) is 92.6 cm³/mol. The molecule has 1 aromatic rings. The second-order valence-corrected chi connectivity index (χ2v) is 6.87. The van der Waals surface area contributed by atoms with Crippen molar-refractivity contribution in [3.8, 4) is 5.75 Å². The molecule has 1 atom stereocenters. The lowest BCUT2D eigenvalue weighted by Gasteiger charge is -2.30. The van der Waals surface area contributed by atoms with Crippen LogP contribution in [0.25, 0.3) is 0 Å². The fourth-order valence-corrected chi connectivity index (χ4v) is 3.28. The van der Waals surface area contributed by atoms with Crippen molar-refractivity contribution in [2.75, 3.05) is 26.2 Å². The van der Waals surface area contributed by atoms with Crippen LogP contribution in [0.5, 0.6) is 5.75 Å². The molecule has 1 aromatic carbocycles. The van der Waals surface area contributed by atoms with Crippen molar-refractivity contribution in [1.82, 2.24) is 10.2 Å². The van der Waals surface area contributed by atoms with Gasteiger partial charge in [-0.15, -0.1) is 0 Å². The van der Waals surface area contributed by atoms with E-state index in [1.54, 1.807) is 12.1 Å². The summed E-state index contributed by atoms with van der Waals surface area (Å²) in [5.74, 6) is 0.529. The van der Waals surface area contributed by atoms with Crippen LogP contribution in [0.2, 0.25) is 0 Å². The Hall–Kier alpha value is -0.820. The van der Waals surface area contributed by atoms with E-state index in [1.165, 1.54) is 12.8 Å². The standard InChI is InChI=1S/C16H23IN2O2/c1-2-8-19(11-12-4-3-7-18-10-12)16(21)14-9-13(17)5-6-15(14)20/h5-6,9,12,18,20H,2-4,7-8,10-11H2,1H3. The van der Waals surface area contributed by atoms with Crippen molar-refractivity contribution in [2.24, 2.45) is 5.92 Å². The number of hydrogen-bond donors (Lipinski definition) is 2. The van der Waals surface area contributed by atoms with Gasteiger partial charge in [-0.1, -0.05) is 6.92 Å². The van der Waals surface area contributed by atoms with Crippen LogP contribution >= 0.6 is 22.6 Å². The average molecular weight is 402 g/mol. The molecule has 2 N–H and O–H groups in total. The Labute approximate surface area is 140 Å². The van der Waals surface area contributed by atoms with Gasteiger partial charge in [-0.05, 0) is 79.1 Å². The minimum Gasteiger partial charge on any atom is -0.507 e. The molecule has 1 aliphatic rings. The molecule has 1 aliphatic heterocycles. The number of hydrogen-bond acceptors (Lipinski definition) is 3. The van der Waals surface area contributed by atoms with Gasteiger partial charge in [0.15, 0.2) is 0 Å². The fourth-order valence-electron chi connectivity index (χ4n) is 2.79. The summed E-state index contributed by atoms with van der Waals surface area (Å²) >= 11 is 2.16. The third-order valence-electron chi connectivity index (χ3n) is 3.85. The molecule has 21 heavy (non-hydrogen) atoms. The van der Waals surface area contributed by atoms with Crippen LogP contribution in [0.15, 0.2) is 18.2 Å². The summed E-state index contributed by atoms with van der Waals surface area (Å²) in [5.41, 5.74) is 0.416. The maximum absolute atomic E-state index is 12.7. The average Bonchev–Trinajstić information content (AvgIpc) is 2.49. The molecule has 5 heteroatoms. The summed E-state index contributed by atoms with van der Waals surface area (Å²) < 4.78 is 0.963. The Bertz CT molecular complexity index is 487. The fraction of sp³-hybridized carbons (Fsp3) is 0.562. The SMILES string of the molecule is CCCN(CC1CCCNC1)C(=O)c1cc(I)ccc1O. The molecule has 0 aliphatic carbocycles. The molecular weight excluding hydrogens is 379 g/mol. The highest BCUT2D eigenvalue weighted by atomic mass is 127. The van der Waals surface area contributed by atoms with E-state index in [-0.39, 0.29) is 11.7 Å². The molecule has 1 heterocycles. The molecule has 1 unspecified atom stereocenters. The second kappa shape index (κ2) is 7.98. The lowest BCUT2D eigenvalue weighted by molar-refractivity contribution is 0.0715. The van der Waals surface area contributed by atoms with Crippen molar-refractivity contribution in [2.45, 2.75) is 26.2 Å². The molecule has 0 spiro atoms. The quantitative estimate of drug-likeness (QED) is 0.745. The molecule has 0 bridgehead atoms. The molecule has 1 amide bonds. The molecule has 1 saturated heterocycles. The largest absolute Gasteiger partial charge is 0.507 e. The van der Waals surface area contributed by atoms with Gasteiger partial charge in [0.25, 0.3) is 5.91 Å². The zero-order valence-electron chi connectivity index (χ0n) is 12.4. The van der Waals surface area contributed by atoms with Gasteiger partial charge in [0.2, 0.25) is 0 Å². The second-order valence-electron chi connectivity index (χ2n) is 5.63. The van der Waals surface area contributed by atoms with Crippen LogP contribution in [0.4, 0.5) is 0 Å². The molecule has 1 fully saturated rings. The first-order valence-electron chi connectivity index (χ1n) is 7.60. The van der Waals surface area contributed by atoms with Crippen LogP contribution in [0, 0.1) is 9.49 Å². The number of benzene rings is 1. The number of halogens is 1. The summed E-state index contributed by atoms with van der Waals surface area (Å²) in [6, 6.07) is 5.17. The van der Waals surface area contributed by atoms with Gasteiger partial charge in [-0.25, -0.2) is 0 Å². The van der Waals surface area contributed by atoms with Gasteiger partial charge in [-0.2, -0.15) is 0 Å². The van der Waals surface area contributed by atoms with Gasteiger partial charge in [-0.3, -0.25) is 4.79 Å². The zero-order chi connectivity index (χ0) is 15.2. The molecular formula is C16H23IN2O2. The maximum Gasteiger partial charge on any atom is 0.257 e. The third-order valence-corrected chi connectivity index (χ3v) is 4.52. The highest BCUT2D eigenvalue weighted by Gasteiger charge is 2.23. The number of phenols is 1. The molecule has 0 saturated carbocycles. The van der Waals surface area contributed by atoms with Crippen molar-refractivity contribution in [1.29, 1.82) is 0 Å². The molecule has 116 valence electrons. The van der Waals surface area contributed by atoms with Crippen LogP contribution in [-0.4, -0.2) is 42.1 Å². The minimum absolute atomic E-state index is 0.0570. The smallest absolute Gasteiger partial charge is 0.257 e. The Kier molecular flexibility index (Phi) is 6.29. The van der Waals surface area contributed by atoms with Crippen molar-refractivity contribution in [3.63, 3.8) is 0 Å². The first kappa shape index (κ1) is 16.5. The number of aromatic hydroxyl groups is 1. The molecule has 0 aromatic heterocycles. The first-order valence-corrected chi connectivity index (χ1v) is 8.68. The lowest BCUT2D eigenvalue weighted by Crippen LogP contribution is -2.41. The van der Waals surface area contributed by atoms with Gasteiger partial charge in [0, 0.05) is 16.7 Å². The lowest BCUT2D eigenvalue weighted by atomic mass is 9.98. The highest BCUT2D eigenvalue weighted by Crippen LogP contribution is 2.22. The number of carbonyl (C=O) groups is 1. The number of amides is 1. The van der Waals surface area contributed by atoms with Crippen LogP contribution in [-0.2, 0) is 0 Å². The summed E-state index contributed by atoms with van der Waals surface area (Å²) in [6.07, 6.45) is 3.27. The normalized spacial score (nSPS) is 18.5. The number of nitrogens with one attached hydrogen (secondary N) is 1. The summed E-state index contributed by atoms with van der Waals surface area (Å²) in [5, 5.41) is 13.4. The van der Waals surface area contributed by atoms with Gasteiger partial charge in [0.1, 0.15) is 5.75 Å². The summed E-state index contributed by atoms with van der Waals surface area (Å²) in [7, 11) is 0. The number of carbonyl (C=O) groups excluding carboxylic acids is 1. The molecule has 4 nitrogen and oxygen atoms in total. The number of phenolic OH excluding ortho intramolecular Hbond substituents is 1. The maximum atomic E-state index is 12.7. The van der Waals surface area contributed by atoms with E-state index in [2.05, 4.69) is 34.8 Å². The number of piperidine rings is 1. The minimum atomic E-state index is -0.0570. The van der Waals surface area contributed by atoms with Crippen molar-refractivity contribution < 1.29 is 9.90 Å². The monoisotopic (exact) mass is 402 g/mol. The van der Waals surface area contributed by atoms with E-state index in [0.29, 0.717) is 11.5 Å². The summed E-state index contributed by atoms with van der Waals surface area (Å²) in [4.78, 5) is 14.6. The molecule has 0 radical (unpaired) electrons. The molecule has 2 rings (SSSR count). The van der Waals surface area contributed by atoms with E-state index in [1.807, 2.05) is 11.0 Å². The Balaban J connectivity index is 2.12. The number of rotatable bonds is 5. The van der Waals surface area contributed by atoms with Crippen LogP contribution in [0.3, 0.4) is 0 Å². The van der Waals surface area contributed by atoms with E-state index < -0.39 is 0 Å². The zero-order valence-corrected chi connectivity index (χ0v) is 14.6. The van der Waals surface area contributed by atoms with Crippen molar-refractivity contribution >= 4 is 28.5 Å².